The second-order valence-corrected chi connectivity index (χ2v) is 4.23. The van der Waals surface area contributed by atoms with Gasteiger partial charge < -0.3 is 11.1 Å². The standard InChI is InChI=1S/C12H9ClFN3O2/c13-11-3-7(14)1-2-12(11)16-9-4-8(15)5-10(6-9)17(18)19/h1-6,16H,15H2. The van der Waals surface area contributed by atoms with Crippen LogP contribution in [0.2, 0.25) is 5.02 Å². The Morgan fingerprint density at radius 3 is 2.63 bits per heavy atom. The number of nitro groups is 1. The lowest BCUT2D eigenvalue weighted by Crippen LogP contribution is -1.96. The van der Waals surface area contributed by atoms with Gasteiger partial charge in [-0.15, -0.1) is 0 Å². The number of nitrogens with one attached hydrogen (secondary N) is 1. The van der Waals surface area contributed by atoms with E-state index < -0.39 is 10.7 Å². The van der Waals surface area contributed by atoms with Gasteiger partial charge in [-0.05, 0) is 24.3 Å². The lowest BCUT2D eigenvalue weighted by molar-refractivity contribution is -0.384. The first-order valence-electron chi connectivity index (χ1n) is 5.23. The number of non-ortho nitro benzene ring substituents is 1. The lowest BCUT2D eigenvalue weighted by atomic mass is 10.2. The molecule has 2 rings (SSSR count). The number of rotatable bonds is 3. The molecule has 3 N–H and O–H groups in total. The Balaban J connectivity index is 2.35. The predicted molar refractivity (Wildman–Crippen MR) is 72.2 cm³/mol. The van der Waals surface area contributed by atoms with E-state index in [-0.39, 0.29) is 16.4 Å². The maximum absolute atomic E-state index is 12.9. The molecule has 0 saturated carbocycles. The predicted octanol–water partition coefficient (Wildman–Crippen LogP) is 3.71. The van der Waals surface area contributed by atoms with Crippen molar-refractivity contribution in [2.75, 3.05) is 11.1 Å². The molecule has 0 bridgehead atoms. The highest BCUT2D eigenvalue weighted by Gasteiger charge is 2.10. The molecule has 0 spiro atoms. The Labute approximate surface area is 113 Å². The molecule has 0 aromatic heterocycles. The lowest BCUT2D eigenvalue weighted by Gasteiger charge is -2.09. The Morgan fingerprint density at radius 1 is 1.26 bits per heavy atom. The van der Waals surface area contributed by atoms with Crippen LogP contribution in [-0.2, 0) is 0 Å². The molecule has 0 aliphatic carbocycles. The van der Waals surface area contributed by atoms with Crippen molar-refractivity contribution in [1.29, 1.82) is 0 Å². The van der Waals surface area contributed by atoms with E-state index in [1.165, 1.54) is 30.3 Å². The second-order valence-electron chi connectivity index (χ2n) is 3.82. The maximum atomic E-state index is 12.9. The molecule has 19 heavy (non-hydrogen) atoms. The summed E-state index contributed by atoms with van der Waals surface area (Å²) in [5, 5.41) is 13.7. The summed E-state index contributed by atoms with van der Waals surface area (Å²) < 4.78 is 12.9. The molecule has 0 amide bonds. The average Bonchev–Trinajstić information content (AvgIpc) is 2.32. The van der Waals surface area contributed by atoms with Crippen LogP contribution in [0.4, 0.5) is 27.1 Å². The van der Waals surface area contributed by atoms with Crippen molar-refractivity contribution < 1.29 is 9.31 Å². The summed E-state index contributed by atoms with van der Waals surface area (Å²) in [5.41, 5.74) is 6.52. The molecule has 0 unspecified atom stereocenters. The van der Waals surface area contributed by atoms with E-state index in [4.69, 9.17) is 17.3 Å². The minimum Gasteiger partial charge on any atom is -0.398 e. The van der Waals surface area contributed by atoms with Crippen LogP contribution in [0.5, 0.6) is 0 Å². The summed E-state index contributed by atoms with van der Waals surface area (Å²) in [7, 11) is 0. The van der Waals surface area contributed by atoms with Gasteiger partial charge in [0.15, 0.2) is 0 Å². The highest BCUT2D eigenvalue weighted by molar-refractivity contribution is 6.33. The van der Waals surface area contributed by atoms with Crippen molar-refractivity contribution in [3.63, 3.8) is 0 Å². The molecule has 98 valence electrons. The average molecular weight is 282 g/mol. The van der Waals surface area contributed by atoms with Crippen LogP contribution in [0, 0.1) is 15.9 Å². The third-order valence-electron chi connectivity index (χ3n) is 2.36. The third kappa shape index (κ3) is 3.11. The Hall–Kier alpha value is -2.34. The van der Waals surface area contributed by atoms with Crippen LogP contribution < -0.4 is 11.1 Å². The first kappa shape index (κ1) is 13.1. The molecule has 0 aliphatic heterocycles. The van der Waals surface area contributed by atoms with Gasteiger partial charge in [0.2, 0.25) is 0 Å². The van der Waals surface area contributed by atoms with E-state index in [2.05, 4.69) is 5.32 Å². The monoisotopic (exact) mass is 281 g/mol. The normalized spacial score (nSPS) is 10.2. The van der Waals surface area contributed by atoms with Gasteiger partial charge in [0.05, 0.1) is 15.6 Å². The van der Waals surface area contributed by atoms with Crippen LogP contribution in [-0.4, -0.2) is 4.92 Å². The van der Waals surface area contributed by atoms with Gasteiger partial charge in [0, 0.05) is 23.5 Å². The maximum Gasteiger partial charge on any atom is 0.273 e. The Bertz CT molecular complexity index is 649. The SMILES string of the molecule is Nc1cc(Nc2ccc(F)cc2Cl)cc([N+](=O)[O-])c1. The van der Waals surface area contributed by atoms with Crippen LogP contribution in [0.1, 0.15) is 0 Å². The summed E-state index contributed by atoms with van der Waals surface area (Å²) >= 11 is 5.85. The van der Waals surface area contributed by atoms with E-state index in [1.54, 1.807) is 0 Å². The first-order chi connectivity index (χ1) is 8.95. The van der Waals surface area contributed by atoms with Crippen molar-refractivity contribution in [3.8, 4) is 0 Å². The molecule has 0 radical (unpaired) electrons. The van der Waals surface area contributed by atoms with Crippen molar-refractivity contribution >= 4 is 34.4 Å². The van der Waals surface area contributed by atoms with Gasteiger partial charge in [-0.2, -0.15) is 0 Å². The van der Waals surface area contributed by atoms with E-state index in [1.807, 2.05) is 0 Å². The number of nitrogens with zero attached hydrogens (tertiary/aromatic N) is 1. The summed E-state index contributed by atoms with van der Waals surface area (Å²) in [4.78, 5) is 10.2. The minimum atomic E-state index is -0.548. The zero-order chi connectivity index (χ0) is 14.0. The first-order valence-corrected chi connectivity index (χ1v) is 5.60. The molecule has 5 nitrogen and oxygen atoms in total. The van der Waals surface area contributed by atoms with Crippen molar-refractivity contribution in [2.24, 2.45) is 0 Å². The molecular formula is C12H9ClFN3O2. The number of hydrogen-bond donors (Lipinski definition) is 2. The van der Waals surface area contributed by atoms with Gasteiger partial charge >= 0.3 is 0 Å². The molecule has 2 aromatic carbocycles. The molecule has 0 fully saturated rings. The molecule has 0 heterocycles. The largest absolute Gasteiger partial charge is 0.398 e. The molecule has 0 saturated heterocycles. The van der Waals surface area contributed by atoms with Crippen molar-refractivity contribution in [1.82, 2.24) is 0 Å². The summed E-state index contributed by atoms with van der Waals surface area (Å²) in [5.74, 6) is -0.464. The highest BCUT2D eigenvalue weighted by Crippen LogP contribution is 2.29. The fourth-order valence-corrected chi connectivity index (χ4v) is 1.77. The van der Waals surface area contributed by atoms with E-state index >= 15 is 0 Å². The number of halogens is 2. The fourth-order valence-electron chi connectivity index (χ4n) is 1.56. The molecule has 0 aliphatic rings. The van der Waals surface area contributed by atoms with Crippen LogP contribution >= 0.6 is 11.6 Å². The number of nitrogens with two attached hydrogens (primary N) is 1. The quantitative estimate of drug-likeness (QED) is 0.510. The number of anilines is 3. The molecular weight excluding hydrogens is 273 g/mol. The van der Waals surface area contributed by atoms with Gasteiger partial charge in [-0.3, -0.25) is 10.1 Å². The Morgan fingerprint density at radius 2 is 2.00 bits per heavy atom. The molecule has 0 atom stereocenters. The summed E-state index contributed by atoms with van der Waals surface area (Å²) in [6.07, 6.45) is 0. The number of nitrogen functional groups attached to an aromatic ring is 1. The van der Waals surface area contributed by atoms with E-state index in [0.717, 1.165) is 6.07 Å². The van der Waals surface area contributed by atoms with Gasteiger partial charge in [-0.25, -0.2) is 4.39 Å². The van der Waals surface area contributed by atoms with E-state index in [9.17, 15) is 14.5 Å². The minimum absolute atomic E-state index is 0.138. The molecule has 2 aromatic rings. The van der Waals surface area contributed by atoms with Gasteiger partial charge in [-0.1, -0.05) is 11.6 Å². The van der Waals surface area contributed by atoms with Crippen LogP contribution in [0.3, 0.4) is 0 Å². The summed E-state index contributed by atoms with van der Waals surface area (Å²) in [6, 6.07) is 7.90. The smallest absolute Gasteiger partial charge is 0.273 e. The zero-order valence-electron chi connectivity index (χ0n) is 9.56. The number of nitro benzene ring substituents is 1. The fraction of sp³-hybridized carbons (Fsp3) is 0. The Kier molecular flexibility index (Phi) is 3.52. The highest BCUT2D eigenvalue weighted by atomic mass is 35.5. The van der Waals surface area contributed by atoms with Crippen LogP contribution in [0.25, 0.3) is 0 Å². The number of hydrogen-bond acceptors (Lipinski definition) is 4. The van der Waals surface area contributed by atoms with Crippen molar-refractivity contribution in [3.05, 3.63) is 57.4 Å². The third-order valence-corrected chi connectivity index (χ3v) is 2.67. The van der Waals surface area contributed by atoms with Crippen molar-refractivity contribution in [2.45, 2.75) is 0 Å². The van der Waals surface area contributed by atoms with E-state index in [0.29, 0.717) is 11.4 Å². The number of benzene rings is 2. The van der Waals surface area contributed by atoms with Gasteiger partial charge in [0.1, 0.15) is 5.82 Å². The second kappa shape index (κ2) is 5.11. The molecule has 7 heteroatoms. The summed E-state index contributed by atoms with van der Waals surface area (Å²) in [6.45, 7) is 0. The topological polar surface area (TPSA) is 81.2 Å². The zero-order valence-corrected chi connectivity index (χ0v) is 10.3. The van der Waals surface area contributed by atoms with Crippen LogP contribution in [0.15, 0.2) is 36.4 Å². The van der Waals surface area contributed by atoms with Gasteiger partial charge in [0.25, 0.3) is 5.69 Å².